The molecule has 2 aromatic carbocycles. The highest BCUT2D eigenvalue weighted by Crippen LogP contribution is 2.31. The van der Waals surface area contributed by atoms with Crippen molar-refractivity contribution in [2.75, 3.05) is 21.3 Å². The van der Waals surface area contributed by atoms with Gasteiger partial charge in [0.05, 0.1) is 25.8 Å². The number of ether oxygens (including phenoxy) is 4. The van der Waals surface area contributed by atoms with Gasteiger partial charge < -0.3 is 18.9 Å². The SMILES string of the molecule is COc1cc(Oc2ccc(C(=O)c3ccc(OC)c(OC)c3)cn2)ccc1Br. The first-order valence-electron chi connectivity index (χ1n) is 8.30. The number of hydrogen-bond donors (Lipinski definition) is 0. The van der Waals surface area contributed by atoms with Crippen molar-refractivity contribution in [1.29, 1.82) is 0 Å². The van der Waals surface area contributed by atoms with Crippen molar-refractivity contribution >= 4 is 21.7 Å². The van der Waals surface area contributed by atoms with Gasteiger partial charge >= 0.3 is 0 Å². The maximum absolute atomic E-state index is 12.7. The molecule has 0 amide bonds. The molecule has 0 N–H and O–H groups in total. The van der Waals surface area contributed by atoms with E-state index in [1.54, 1.807) is 56.7 Å². The predicted octanol–water partition coefficient (Wildman–Crippen LogP) is 4.89. The lowest BCUT2D eigenvalue weighted by molar-refractivity contribution is 0.103. The Labute approximate surface area is 171 Å². The van der Waals surface area contributed by atoms with Crippen LogP contribution in [0.5, 0.6) is 28.9 Å². The number of rotatable bonds is 7. The van der Waals surface area contributed by atoms with Crippen molar-refractivity contribution in [3.05, 3.63) is 70.3 Å². The first-order chi connectivity index (χ1) is 13.5. The molecule has 0 atom stereocenters. The van der Waals surface area contributed by atoms with Crippen LogP contribution in [0.1, 0.15) is 15.9 Å². The molecule has 0 saturated heterocycles. The van der Waals surface area contributed by atoms with E-state index < -0.39 is 0 Å². The topological polar surface area (TPSA) is 66.9 Å². The summed E-state index contributed by atoms with van der Waals surface area (Å²) in [5.74, 6) is 2.47. The Bertz CT molecular complexity index is 989. The Kier molecular flexibility index (Phi) is 6.16. The number of carbonyl (C=O) groups excluding carboxylic acids is 1. The summed E-state index contributed by atoms with van der Waals surface area (Å²) in [5.41, 5.74) is 0.915. The molecule has 0 aliphatic heterocycles. The van der Waals surface area contributed by atoms with Gasteiger partial charge in [-0.3, -0.25) is 4.79 Å². The zero-order valence-corrected chi connectivity index (χ0v) is 17.1. The van der Waals surface area contributed by atoms with Crippen LogP contribution in [0.25, 0.3) is 0 Å². The molecule has 0 radical (unpaired) electrons. The summed E-state index contributed by atoms with van der Waals surface area (Å²) in [6.07, 6.45) is 1.48. The summed E-state index contributed by atoms with van der Waals surface area (Å²) in [6.45, 7) is 0. The van der Waals surface area contributed by atoms with Gasteiger partial charge in [-0.25, -0.2) is 4.98 Å². The van der Waals surface area contributed by atoms with E-state index >= 15 is 0 Å². The fraction of sp³-hybridized carbons (Fsp3) is 0.143. The van der Waals surface area contributed by atoms with E-state index in [4.69, 9.17) is 18.9 Å². The Morgan fingerprint density at radius 3 is 2.18 bits per heavy atom. The number of carbonyl (C=O) groups is 1. The maximum Gasteiger partial charge on any atom is 0.219 e. The maximum atomic E-state index is 12.7. The van der Waals surface area contributed by atoms with Gasteiger partial charge in [0.2, 0.25) is 5.88 Å². The van der Waals surface area contributed by atoms with Crippen LogP contribution in [-0.4, -0.2) is 32.1 Å². The predicted molar refractivity (Wildman–Crippen MR) is 108 cm³/mol. The Balaban J connectivity index is 1.78. The van der Waals surface area contributed by atoms with Crippen molar-refractivity contribution in [3.8, 4) is 28.9 Å². The number of halogens is 1. The second-order valence-electron chi connectivity index (χ2n) is 5.68. The lowest BCUT2D eigenvalue weighted by Gasteiger charge is -2.10. The van der Waals surface area contributed by atoms with E-state index in [1.165, 1.54) is 13.3 Å². The third kappa shape index (κ3) is 4.26. The number of ketones is 1. The minimum atomic E-state index is -0.176. The minimum absolute atomic E-state index is 0.176. The number of nitrogens with zero attached hydrogens (tertiary/aromatic N) is 1. The zero-order chi connectivity index (χ0) is 20.1. The molecule has 0 saturated carbocycles. The molecule has 0 spiro atoms. The lowest BCUT2D eigenvalue weighted by atomic mass is 10.0. The molecular weight excluding hydrogens is 426 g/mol. The summed E-state index contributed by atoms with van der Waals surface area (Å²) < 4.78 is 22.2. The highest BCUT2D eigenvalue weighted by Gasteiger charge is 2.14. The smallest absolute Gasteiger partial charge is 0.219 e. The monoisotopic (exact) mass is 443 g/mol. The quantitative estimate of drug-likeness (QED) is 0.484. The third-order valence-electron chi connectivity index (χ3n) is 3.99. The van der Waals surface area contributed by atoms with Gasteiger partial charge in [0.15, 0.2) is 17.3 Å². The number of benzene rings is 2. The van der Waals surface area contributed by atoms with Crippen molar-refractivity contribution in [2.45, 2.75) is 0 Å². The molecule has 0 bridgehead atoms. The molecule has 7 heteroatoms. The van der Waals surface area contributed by atoms with Crippen LogP contribution in [0, 0.1) is 0 Å². The fourth-order valence-corrected chi connectivity index (χ4v) is 2.95. The third-order valence-corrected chi connectivity index (χ3v) is 4.64. The van der Waals surface area contributed by atoms with E-state index in [-0.39, 0.29) is 5.78 Å². The van der Waals surface area contributed by atoms with E-state index in [9.17, 15) is 4.79 Å². The van der Waals surface area contributed by atoms with Gasteiger partial charge in [0.25, 0.3) is 0 Å². The molecule has 0 unspecified atom stereocenters. The first kappa shape index (κ1) is 19.7. The Morgan fingerprint density at radius 1 is 0.821 bits per heavy atom. The second-order valence-corrected chi connectivity index (χ2v) is 6.54. The molecule has 3 rings (SSSR count). The van der Waals surface area contributed by atoms with Crippen LogP contribution >= 0.6 is 15.9 Å². The first-order valence-corrected chi connectivity index (χ1v) is 9.09. The summed E-state index contributed by atoms with van der Waals surface area (Å²) in [4.78, 5) is 16.9. The average molecular weight is 444 g/mol. The van der Waals surface area contributed by atoms with E-state index in [0.717, 1.165) is 4.47 Å². The summed E-state index contributed by atoms with van der Waals surface area (Å²) in [6, 6.07) is 13.7. The molecule has 0 fully saturated rings. The van der Waals surface area contributed by atoms with Crippen molar-refractivity contribution < 1.29 is 23.7 Å². The minimum Gasteiger partial charge on any atom is -0.495 e. The van der Waals surface area contributed by atoms with Gasteiger partial charge in [-0.05, 0) is 52.3 Å². The van der Waals surface area contributed by atoms with E-state index in [0.29, 0.717) is 40.0 Å². The molecule has 1 aromatic heterocycles. The lowest BCUT2D eigenvalue weighted by Crippen LogP contribution is -2.03. The highest BCUT2D eigenvalue weighted by atomic mass is 79.9. The van der Waals surface area contributed by atoms with E-state index in [2.05, 4.69) is 20.9 Å². The number of pyridine rings is 1. The standard InChI is InChI=1S/C21H18BrNO5/c1-25-17-8-4-13(10-19(17)27-3)21(24)14-5-9-20(23-12-14)28-15-6-7-16(22)18(11-15)26-2/h4-12H,1-3H3. The fourth-order valence-electron chi connectivity index (χ4n) is 2.54. The molecular formula is C21H18BrNO5. The number of methoxy groups -OCH3 is 3. The summed E-state index contributed by atoms with van der Waals surface area (Å²) >= 11 is 3.39. The van der Waals surface area contributed by atoms with Gasteiger partial charge in [-0.1, -0.05) is 0 Å². The van der Waals surface area contributed by atoms with Crippen molar-refractivity contribution in [1.82, 2.24) is 4.98 Å². The molecule has 28 heavy (non-hydrogen) atoms. The van der Waals surface area contributed by atoms with Gasteiger partial charge in [0, 0.05) is 29.5 Å². The van der Waals surface area contributed by atoms with Crippen LogP contribution in [0.4, 0.5) is 0 Å². The largest absolute Gasteiger partial charge is 0.495 e. The van der Waals surface area contributed by atoms with Crippen LogP contribution < -0.4 is 18.9 Å². The van der Waals surface area contributed by atoms with Crippen LogP contribution in [-0.2, 0) is 0 Å². The Hall–Kier alpha value is -3.06. The molecule has 3 aromatic rings. The average Bonchev–Trinajstić information content (AvgIpc) is 2.74. The summed E-state index contributed by atoms with van der Waals surface area (Å²) in [5, 5.41) is 0. The van der Waals surface area contributed by atoms with Crippen LogP contribution in [0.3, 0.4) is 0 Å². The van der Waals surface area contributed by atoms with E-state index in [1.807, 2.05) is 6.07 Å². The number of hydrogen-bond acceptors (Lipinski definition) is 6. The van der Waals surface area contributed by atoms with Gasteiger partial charge in [-0.15, -0.1) is 0 Å². The summed E-state index contributed by atoms with van der Waals surface area (Å²) in [7, 11) is 4.65. The Morgan fingerprint density at radius 2 is 1.54 bits per heavy atom. The second kappa shape index (κ2) is 8.75. The van der Waals surface area contributed by atoms with Gasteiger partial charge in [-0.2, -0.15) is 0 Å². The molecule has 1 heterocycles. The molecule has 6 nitrogen and oxygen atoms in total. The molecule has 0 aliphatic carbocycles. The normalized spacial score (nSPS) is 10.3. The number of aromatic nitrogens is 1. The van der Waals surface area contributed by atoms with Crippen molar-refractivity contribution in [3.63, 3.8) is 0 Å². The molecule has 144 valence electrons. The highest BCUT2D eigenvalue weighted by molar-refractivity contribution is 9.10. The zero-order valence-electron chi connectivity index (χ0n) is 15.6. The van der Waals surface area contributed by atoms with Crippen molar-refractivity contribution in [2.24, 2.45) is 0 Å². The van der Waals surface area contributed by atoms with Crippen LogP contribution in [0.15, 0.2) is 59.2 Å². The van der Waals surface area contributed by atoms with Crippen LogP contribution in [0.2, 0.25) is 0 Å². The molecule has 0 aliphatic rings. The van der Waals surface area contributed by atoms with Gasteiger partial charge in [0.1, 0.15) is 11.5 Å².